The fourth-order valence-corrected chi connectivity index (χ4v) is 4.04. The van der Waals surface area contributed by atoms with Crippen LogP contribution < -0.4 is 10.9 Å². The topological polar surface area (TPSA) is 139 Å². The third-order valence-electron chi connectivity index (χ3n) is 4.20. The summed E-state index contributed by atoms with van der Waals surface area (Å²) in [6.07, 6.45) is 0. The molecule has 0 saturated heterocycles. The van der Waals surface area contributed by atoms with Gasteiger partial charge in [-0.05, 0) is 24.3 Å². The van der Waals surface area contributed by atoms with Crippen molar-refractivity contribution in [2.24, 2.45) is 0 Å². The van der Waals surface area contributed by atoms with Crippen LogP contribution in [0.2, 0.25) is 5.02 Å². The number of hydrogen-bond acceptors (Lipinski definition) is 7. The average Bonchev–Trinajstić information content (AvgIpc) is 2.73. The number of halogens is 1. The molecule has 0 aliphatic rings. The third kappa shape index (κ3) is 4.74. The maximum absolute atomic E-state index is 12.3. The lowest BCUT2D eigenvalue weighted by atomic mass is 10.1. The number of anilines is 1. The average molecular weight is 465 g/mol. The van der Waals surface area contributed by atoms with Gasteiger partial charge in [-0.2, -0.15) is 5.10 Å². The number of nitrogens with zero attached hydrogens (tertiary/aromatic N) is 2. The maximum Gasteiger partial charge on any atom is 0.359 e. The number of amides is 1. The molecule has 0 radical (unpaired) electrons. The van der Waals surface area contributed by atoms with Gasteiger partial charge in [0.25, 0.3) is 11.5 Å². The van der Waals surface area contributed by atoms with Crippen molar-refractivity contribution in [1.82, 2.24) is 14.5 Å². The molecule has 1 amide bonds. The summed E-state index contributed by atoms with van der Waals surface area (Å²) in [4.78, 5) is 36.1. The van der Waals surface area contributed by atoms with Crippen molar-refractivity contribution < 1.29 is 22.7 Å². The van der Waals surface area contributed by atoms with Crippen molar-refractivity contribution in [2.45, 2.75) is 4.90 Å². The minimum Gasteiger partial charge on any atom is -0.451 e. The van der Waals surface area contributed by atoms with Gasteiger partial charge in [-0.1, -0.05) is 29.8 Å². The fourth-order valence-electron chi connectivity index (χ4n) is 2.64. The van der Waals surface area contributed by atoms with E-state index in [0.717, 1.165) is 4.31 Å². The van der Waals surface area contributed by atoms with Crippen molar-refractivity contribution >= 4 is 50.0 Å². The zero-order valence-corrected chi connectivity index (χ0v) is 18.0. The highest BCUT2D eigenvalue weighted by Gasteiger charge is 2.22. The van der Waals surface area contributed by atoms with E-state index in [9.17, 15) is 22.8 Å². The Balaban J connectivity index is 1.72. The molecule has 0 aliphatic heterocycles. The summed E-state index contributed by atoms with van der Waals surface area (Å²) in [7, 11) is -1.12. The highest BCUT2D eigenvalue weighted by Crippen LogP contribution is 2.26. The Labute approximate surface area is 181 Å². The van der Waals surface area contributed by atoms with E-state index in [2.05, 4.69) is 15.5 Å². The lowest BCUT2D eigenvalue weighted by Crippen LogP contribution is -2.24. The van der Waals surface area contributed by atoms with Crippen molar-refractivity contribution in [3.8, 4) is 0 Å². The van der Waals surface area contributed by atoms with E-state index in [4.69, 9.17) is 16.3 Å². The lowest BCUT2D eigenvalue weighted by Gasteiger charge is -2.14. The molecule has 0 unspecified atom stereocenters. The Morgan fingerprint density at radius 3 is 2.52 bits per heavy atom. The quantitative estimate of drug-likeness (QED) is 0.528. The van der Waals surface area contributed by atoms with E-state index in [1.807, 2.05) is 0 Å². The third-order valence-corrected chi connectivity index (χ3v) is 6.49. The van der Waals surface area contributed by atoms with Crippen LogP contribution in [-0.4, -0.2) is 55.5 Å². The summed E-state index contributed by atoms with van der Waals surface area (Å²) in [5.41, 5.74) is -0.455. The van der Waals surface area contributed by atoms with E-state index in [1.54, 1.807) is 12.1 Å². The highest BCUT2D eigenvalue weighted by atomic mass is 35.5. The summed E-state index contributed by atoms with van der Waals surface area (Å²) in [6.45, 7) is -0.660. The Hall–Kier alpha value is -3.28. The number of nitrogens with one attached hydrogen (secondary N) is 2. The summed E-state index contributed by atoms with van der Waals surface area (Å²) < 4.78 is 30.6. The molecule has 0 fully saturated rings. The Bertz CT molecular complexity index is 1340. The number of aromatic nitrogens is 2. The van der Waals surface area contributed by atoms with Crippen LogP contribution in [0.15, 0.2) is 52.2 Å². The zero-order valence-electron chi connectivity index (χ0n) is 16.4. The second kappa shape index (κ2) is 8.84. The molecule has 1 heterocycles. The summed E-state index contributed by atoms with van der Waals surface area (Å²) >= 11 is 5.97. The van der Waals surface area contributed by atoms with E-state index in [1.165, 1.54) is 44.4 Å². The van der Waals surface area contributed by atoms with Crippen molar-refractivity contribution in [3.05, 3.63) is 63.5 Å². The van der Waals surface area contributed by atoms with Gasteiger partial charge in [0.05, 0.1) is 10.4 Å². The van der Waals surface area contributed by atoms with Gasteiger partial charge in [-0.25, -0.2) is 22.6 Å². The van der Waals surface area contributed by atoms with Crippen LogP contribution in [0.1, 0.15) is 10.5 Å². The van der Waals surface area contributed by atoms with Crippen LogP contribution in [0, 0.1) is 0 Å². The van der Waals surface area contributed by atoms with Gasteiger partial charge < -0.3 is 10.1 Å². The van der Waals surface area contributed by atoms with Gasteiger partial charge in [0, 0.05) is 25.2 Å². The number of benzene rings is 2. The number of aromatic amines is 1. The highest BCUT2D eigenvalue weighted by molar-refractivity contribution is 7.89. The van der Waals surface area contributed by atoms with Crippen LogP contribution in [0.4, 0.5) is 5.69 Å². The van der Waals surface area contributed by atoms with Gasteiger partial charge in [0.2, 0.25) is 10.0 Å². The summed E-state index contributed by atoms with van der Waals surface area (Å²) in [5, 5.41) is 8.88. The van der Waals surface area contributed by atoms with Gasteiger partial charge in [0.1, 0.15) is 4.90 Å². The number of rotatable bonds is 6. The van der Waals surface area contributed by atoms with Gasteiger partial charge in [-0.3, -0.25) is 9.59 Å². The Morgan fingerprint density at radius 1 is 1.16 bits per heavy atom. The van der Waals surface area contributed by atoms with Crippen LogP contribution in [-0.2, 0) is 19.6 Å². The number of carbonyl (C=O) groups excluding carboxylic acids is 2. The molecular weight excluding hydrogens is 448 g/mol. The maximum atomic E-state index is 12.3. The molecule has 0 atom stereocenters. The first-order valence-electron chi connectivity index (χ1n) is 8.77. The van der Waals surface area contributed by atoms with E-state index >= 15 is 0 Å². The number of hydrogen-bond donors (Lipinski definition) is 2. The van der Waals surface area contributed by atoms with Crippen LogP contribution >= 0.6 is 11.6 Å². The smallest absolute Gasteiger partial charge is 0.359 e. The largest absolute Gasteiger partial charge is 0.451 e. The Morgan fingerprint density at radius 2 is 1.84 bits per heavy atom. The molecule has 0 spiro atoms. The number of esters is 1. The minimum atomic E-state index is -3.82. The number of H-pyrrole nitrogens is 1. The first kappa shape index (κ1) is 22.4. The zero-order chi connectivity index (χ0) is 22.8. The number of ether oxygens (including phenoxy) is 1. The van der Waals surface area contributed by atoms with Crippen LogP contribution in [0.5, 0.6) is 0 Å². The monoisotopic (exact) mass is 464 g/mol. The second-order valence-corrected chi connectivity index (χ2v) is 9.03. The fraction of sp³-hybridized carbons (Fsp3) is 0.158. The van der Waals surface area contributed by atoms with Gasteiger partial charge >= 0.3 is 5.97 Å². The van der Waals surface area contributed by atoms with Gasteiger partial charge in [-0.15, -0.1) is 0 Å². The molecule has 2 N–H and O–H groups in total. The first-order chi connectivity index (χ1) is 14.6. The Kier molecular flexibility index (Phi) is 6.39. The van der Waals surface area contributed by atoms with Gasteiger partial charge in [0.15, 0.2) is 12.3 Å². The molecule has 10 nitrogen and oxygen atoms in total. The van der Waals surface area contributed by atoms with E-state index < -0.39 is 34.1 Å². The molecule has 3 aromatic rings. The van der Waals surface area contributed by atoms with Crippen molar-refractivity contribution in [2.75, 3.05) is 26.0 Å². The van der Waals surface area contributed by atoms with Crippen LogP contribution in [0.3, 0.4) is 0 Å². The number of fused-ring (bicyclic) bond motifs is 1. The second-order valence-electron chi connectivity index (χ2n) is 6.50. The molecule has 2 aromatic carbocycles. The molecule has 0 bridgehead atoms. The molecule has 1 aromatic heterocycles. The predicted octanol–water partition coefficient (Wildman–Crippen LogP) is 1.62. The standard InChI is InChI=1S/C19H17ClN4O6S/c1-24(2)31(28,29)15-9-11(7-8-14(15)20)21-16(25)10-30-19(27)17-12-5-3-4-6-13(12)18(26)23-22-17/h3-9H,10H2,1-2H3,(H,21,25)(H,23,26). The number of carbonyl (C=O) groups is 2. The van der Waals surface area contributed by atoms with E-state index in [0.29, 0.717) is 0 Å². The molecule has 0 saturated carbocycles. The number of sulfonamides is 1. The van der Waals surface area contributed by atoms with Crippen LogP contribution in [0.25, 0.3) is 10.8 Å². The predicted molar refractivity (Wildman–Crippen MR) is 114 cm³/mol. The molecular formula is C19H17ClN4O6S. The molecule has 0 aliphatic carbocycles. The minimum absolute atomic E-state index is 0.00542. The molecule has 162 valence electrons. The lowest BCUT2D eigenvalue weighted by molar-refractivity contribution is -0.119. The normalized spacial score (nSPS) is 11.5. The van der Waals surface area contributed by atoms with Crippen molar-refractivity contribution in [1.29, 1.82) is 0 Å². The molecule has 12 heteroatoms. The first-order valence-corrected chi connectivity index (χ1v) is 10.6. The van der Waals surface area contributed by atoms with E-state index in [-0.39, 0.29) is 32.1 Å². The van der Waals surface area contributed by atoms with Crippen molar-refractivity contribution in [3.63, 3.8) is 0 Å². The molecule has 3 rings (SSSR count). The molecule has 31 heavy (non-hydrogen) atoms. The SMILES string of the molecule is CN(C)S(=O)(=O)c1cc(NC(=O)COC(=O)c2n[nH]c(=O)c3ccccc23)ccc1Cl. The summed E-state index contributed by atoms with van der Waals surface area (Å²) in [6, 6.07) is 10.3. The summed E-state index contributed by atoms with van der Waals surface area (Å²) in [5.74, 6) is -1.62.